The lowest BCUT2D eigenvalue weighted by molar-refractivity contribution is -0.353. The first-order valence-electron chi connectivity index (χ1n) is 5.83. The summed E-state index contributed by atoms with van der Waals surface area (Å²) >= 11 is 0. The number of carbonyl (C=O) groups excluding carboxylic acids is 1. The maximum absolute atomic E-state index is 11.0. The maximum atomic E-state index is 11.0. The minimum atomic E-state index is -1.01. The Labute approximate surface area is 105 Å². The van der Waals surface area contributed by atoms with Crippen LogP contribution in [0, 0.1) is 0 Å². The first-order chi connectivity index (χ1) is 8.52. The van der Waals surface area contributed by atoms with Gasteiger partial charge in [-0.05, 0) is 6.92 Å². The number of hydrogen-bond donors (Lipinski definition) is 1. The molecule has 0 aromatic carbocycles. The molecule has 0 saturated carbocycles. The predicted molar refractivity (Wildman–Crippen MR) is 57.5 cm³/mol. The van der Waals surface area contributed by atoms with Crippen molar-refractivity contribution in [2.45, 2.75) is 50.8 Å². The van der Waals surface area contributed by atoms with E-state index in [0.29, 0.717) is 6.61 Å². The summed E-state index contributed by atoms with van der Waals surface area (Å²) in [5.41, 5.74) is 0. The van der Waals surface area contributed by atoms with Gasteiger partial charge in [0.2, 0.25) is 0 Å². The molecule has 2 heterocycles. The summed E-state index contributed by atoms with van der Waals surface area (Å²) in [6.07, 6.45) is -4.20. The molecule has 7 nitrogen and oxygen atoms in total. The number of aliphatic hydroxyl groups excluding tert-OH is 1. The quantitative estimate of drug-likeness (QED) is 0.666. The molecule has 18 heavy (non-hydrogen) atoms. The lowest BCUT2D eigenvalue weighted by Gasteiger charge is -2.46. The SMILES string of the molecule is COC1OC2COC(C)OC2C(O)C1OC(C)=O. The molecule has 0 aromatic heterocycles. The van der Waals surface area contributed by atoms with Crippen LogP contribution in [-0.4, -0.2) is 61.8 Å². The van der Waals surface area contributed by atoms with Crippen LogP contribution in [0.2, 0.25) is 0 Å². The molecular weight excluding hydrogens is 244 g/mol. The van der Waals surface area contributed by atoms with E-state index in [2.05, 4.69) is 0 Å². The second-order valence-electron chi connectivity index (χ2n) is 4.34. The molecule has 0 radical (unpaired) electrons. The van der Waals surface area contributed by atoms with Gasteiger partial charge in [-0.3, -0.25) is 4.79 Å². The minimum absolute atomic E-state index is 0.301. The van der Waals surface area contributed by atoms with E-state index in [4.69, 9.17) is 23.7 Å². The van der Waals surface area contributed by atoms with E-state index in [-0.39, 0.29) is 0 Å². The van der Waals surface area contributed by atoms with Crippen LogP contribution in [0.5, 0.6) is 0 Å². The molecule has 0 spiro atoms. The van der Waals surface area contributed by atoms with Crippen molar-refractivity contribution in [1.29, 1.82) is 0 Å². The van der Waals surface area contributed by atoms with Gasteiger partial charge in [0, 0.05) is 14.0 Å². The highest BCUT2D eigenvalue weighted by Crippen LogP contribution is 2.30. The molecule has 2 aliphatic rings. The third-order valence-electron chi connectivity index (χ3n) is 3.00. The van der Waals surface area contributed by atoms with Crippen molar-refractivity contribution >= 4 is 5.97 Å². The molecule has 104 valence electrons. The molecule has 7 heteroatoms. The normalized spacial score (nSPS) is 44.2. The third-order valence-corrected chi connectivity index (χ3v) is 3.00. The van der Waals surface area contributed by atoms with Crippen molar-refractivity contribution < 1.29 is 33.6 Å². The van der Waals surface area contributed by atoms with E-state index in [1.807, 2.05) is 0 Å². The molecule has 2 saturated heterocycles. The zero-order valence-corrected chi connectivity index (χ0v) is 10.6. The van der Waals surface area contributed by atoms with Gasteiger partial charge in [-0.1, -0.05) is 0 Å². The smallest absolute Gasteiger partial charge is 0.303 e. The number of ether oxygens (including phenoxy) is 5. The fraction of sp³-hybridized carbons (Fsp3) is 0.909. The Morgan fingerprint density at radius 2 is 2.11 bits per heavy atom. The number of methoxy groups -OCH3 is 1. The lowest BCUT2D eigenvalue weighted by atomic mass is 9.98. The van der Waals surface area contributed by atoms with Crippen LogP contribution in [0.1, 0.15) is 13.8 Å². The van der Waals surface area contributed by atoms with Crippen LogP contribution >= 0.6 is 0 Å². The fourth-order valence-corrected chi connectivity index (χ4v) is 2.19. The van der Waals surface area contributed by atoms with E-state index in [9.17, 15) is 9.90 Å². The van der Waals surface area contributed by atoms with Crippen molar-refractivity contribution in [3.8, 4) is 0 Å². The molecule has 2 fully saturated rings. The molecule has 0 bridgehead atoms. The number of aliphatic hydroxyl groups is 1. The van der Waals surface area contributed by atoms with Crippen LogP contribution in [0.15, 0.2) is 0 Å². The van der Waals surface area contributed by atoms with Crippen LogP contribution in [0.4, 0.5) is 0 Å². The van der Waals surface area contributed by atoms with E-state index in [1.54, 1.807) is 6.92 Å². The summed E-state index contributed by atoms with van der Waals surface area (Å²) in [6, 6.07) is 0. The van der Waals surface area contributed by atoms with Gasteiger partial charge >= 0.3 is 5.97 Å². The Morgan fingerprint density at radius 1 is 1.39 bits per heavy atom. The van der Waals surface area contributed by atoms with E-state index >= 15 is 0 Å². The van der Waals surface area contributed by atoms with Gasteiger partial charge in [0.05, 0.1) is 6.61 Å². The van der Waals surface area contributed by atoms with E-state index in [1.165, 1.54) is 14.0 Å². The Kier molecular flexibility index (Phi) is 4.18. The van der Waals surface area contributed by atoms with Crippen LogP contribution in [0.25, 0.3) is 0 Å². The molecule has 0 aliphatic carbocycles. The Bertz CT molecular complexity index is 308. The van der Waals surface area contributed by atoms with Crippen LogP contribution in [0.3, 0.4) is 0 Å². The van der Waals surface area contributed by atoms with Gasteiger partial charge in [-0.15, -0.1) is 0 Å². The largest absolute Gasteiger partial charge is 0.454 e. The third kappa shape index (κ3) is 2.65. The Balaban J connectivity index is 2.12. The molecule has 6 atom stereocenters. The first kappa shape index (κ1) is 13.7. The fourth-order valence-electron chi connectivity index (χ4n) is 2.19. The number of rotatable bonds is 2. The molecule has 2 aliphatic heterocycles. The summed E-state index contributed by atoms with van der Waals surface area (Å²) < 4.78 is 26.4. The lowest BCUT2D eigenvalue weighted by Crippen LogP contribution is -2.63. The topological polar surface area (TPSA) is 83.5 Å². The van der Waals surface area contributed by atoms with Crippen LogP contribution < -0.4 is 0 Å². The predicted octanol–water partition coefficient (Wildman–Crippen LogP) is -0.588. The Morgan fingerprint density at radius 3 is 2.72 bits per heavy atom. The van der Waals surface area contributed by atoms with Gasteiger partial charge in [-0.2, -0.15) is 0 Å². The average Bonchev–Trinajstić information content (AvgIpc) is 2.33. The van der Waals surface area contributed by atoms with Gasteiger partial charge in [0.15, 0.2) is 18.7 Å². The highest BCUT2D eigenvalue weighted by molar-refractivity contribution is 5.66. The summed E-state index contributed by atoms with van der Waals surface area (Å²) in [4.78, 5) is 11.0. The maximum Gasteiger partial charge on any atom is 0.303 e. The van der Waals surface area contributed by atoms with Gasteiger partial charge in [-0.25, -0.2) is 0 Å². The first-order valence-corrected chi connectivity index (χ1v) is 5.83. The van der Waals surface area contributed by atoms with Crippen molar-refractivity contribution in [1.82, 2.24) is 0 Å². The number of fused-ring (bicyclic) bond motifs is 1. The average molecular weight is 262 g/mol. The molecule has 2 rings (SSSR count). The molecule has 0 aromatic rings. The van der Waals surface area contributed by atoms with Gasteiger partial charge in [0.25, 0.3) is 0 Å². The van der Waals surface area contributed by atoms with Crippen LogP contribution in [-0.2, 0) is 28.5 Å². The summed E-state index contributed by atoms with van der Waals surface area (Å²) in [7, 11) is 1.42. The molecule has 6 unspecified atom stereocenters. The summed E-state index contributed by atoms with van der Waals surface area (Å²) in [5.74, 6) is -0.511. The van der Waals surface area contributed by atoms with Crippen molar-refractivity contribution in [3.63, 3.8) is 0 Å². The van der Waals surface area contributed by atoms with Crippen molar-refractivity contribution in [2.24, 2.45) is 0 Å². The zero-order valence-electron chi connectivity index (χ0n) is 10.6. The van der Waals surface area contributed by atoms with Crippen molar-refractivity contribution in [3.05, 3.63) is 0 Å². The highest BCUT2D eigenvalue weighted by atomic mass is 16.8. The van der Waals surface area contributed by atoms with Gasteiger partial charge in [0.1, 0.15) is 18.3 Å². The van der Waals surface area contributed by atoms with E-state index in [0.717, 1.165) is 0 Å². The molecule has 1 N–H and O–H groups in total. The number of carbonyl (C=O) groups is 1. The highest BCUT2D eigenvalue weighted by Gasteiger charge is 2.50. The molecular formula is C11H18O7. The summed E-state index contributed by atoms with van der Waals surface area (Å²) in [6.45, 7) is 3.29. The van der Waals surface area contributed by atoms with E-state index < -0.39 is 43.0 Å². The summed E-state index contributed by atoms with van der Waals surface area (Å²) in [5, 5.41) is 10.2. The standard InChI is InChI=1S/C11H18O7/c1-5(12)16-10-8(13)9-7(18-11(10)14-3)4-15-6(2)17-9/h6-11,13H,4H2,1-3H3. The minimum Gasteiger partial charge on any atom is -0.454 e. The molecule has 0 amide bonds. The number of hydrogen-bond acceptors (Lipinski definition) is 7. The zero-order chi connectivity index (χ0) is 13.3. The monoisotopic (exact) mass is 262 g/mol. The van der Waals surface area contributed by atoms with Crippen molar-refractivity contribution in [2.75, 3.05) is 13.7 Å². The second-order valence-corrected chi connectivity index (χ2v) is 4.34. The number of esters is 1. The van der Waals surface area contributed by atoms with Gasteiger partial charge < -0.3 is 28.8 Å². The second kappa shape index (κ2) is 5.50. The Hall–Kier alpha value is -0.730.